The molecular weight excluding hydrogens is 226 g/mol. The maximum atomic E-state index is 11.1. The summed E-state index contributed by atoms with van der Waals surface area (Å²) in [5, 5.41) is 9.63. The maximum absolute atomic E-state index is 11.1. The second-order valence-corrected chi connectivity index (χ2v) is 4.23. The zero-order valence-electron chi connectivity index (χ0n) is 9.61. The number of rotatable bonds is 5. The number of hydrogen-bond donors (Lipinski definition) is 1. The monoisotopic (exact) mass is 241 g/mol. The van der Waals surface area contributed by atoms with Crippen LogP contribution in [0.15, 0.2) is 11.1 Å². The highest BCUT2D eigenvalue weighted by Crippen LogP contribution is 2.24. The van der Waals surface area contributed by atoms with Crippen molar-refractivity contribution in [3.8, 4) is 0 Å². The summed E-state index contributed by atoms with van der Waals surface area (Å²) in [7, 11) is 0. The smallest absolute Gasteiger partial charge is 0.338 e. The molecule has 0 radical (unpaired) electrons. The minimum Gasteiger partial charge on any atom is -0.478 e. The number of aromatic carboxylic acids is 1. The van der Waals surface area contributed by atoms with Crippen molar-refractivity contribution >= 4 is 17.7 Å². The molecule has 1 N–H and O–H groups in total. The van der Waals surface area contributed by atoms with Crippen LogP contribution in [0.5, 0.6) is 0 Å². The molecule has 0 saturated carbocycles. The predicted molar refractivity (Wildman–Crippen MR) is 63.0 cm³/mol. The van der Waals surface area contributed by atoms with Crippen LogP contribution in [0.4, 0.5) is 0 Å². The first-order valence-corrected chi connectivity index (χ1v) is 5.97. The fourth-order valence-electron chi connectivity index (χ4n) is 1.35. The molecular formula is C11H15NO3S. The van der Waals surface area contributed by atoms with Gasteiger partial charge < -0.3 is 9.84 Å². The van der Waals surface area contributed by atoms with E-state index in [-0.39, 0.29) is 5.56 Å². The van der Waals surface area contributed by atoms with Gasteiger partial charge in [-0.2, -0.15) is 0 Å². The molecule has 0 amide bonds. The van der Waals surface area contributed by atoms with Crippen molar-refractivity contribution in [2.24, 2.45) is 0 Å². The molecule has 4 nitrogen and oxygen atoms in total. The zero-order chi connectivity index (χ0) is 12.1. The van der Waals surface area contributed by atoms with Crippen molar-refractivity contribution in [2.75, 3.05) is 12.5 Å². The van der Waals surface area contributed by atoms with Gasteiger partial charge in [0.2, 0.25) is 0 Å². The van der Waals surface area contributed by atoms with Gasteiger partial charge in [-0.25, -0.2) is 9.78 Å². The first-order valence-electron chi connectivity index (χ1n) is 4.98. The molecule has 88 valence electrons. The van der Waals surface area contributed by atoms with Crippen LogP contribution in [0.1, 0.15) is 28.5 Å². The fraction of sp³-hybridized carbons (Fsp3) is 0.455. The van der Waals surface area contributed by atoms with Crippen molar-refractivity contribution in [3.63, 3.8) is 0 Å². The van der Waals surface area contributed by atoms with E-state index in [0.717, 1.165) is 11.3 Å². The topological polar surface area (TPSA) is 59.4 Å². The van der Waals surface area contributed by atoms with E-state index in [1.54, 1.807) is 13.0 Å². The maximum Gasteiger partial charge on any atom is 0.338 e. The lowest BCUT2D eigenvalue weighted by Gasteiger charge is -2.09. The van der Waals surface area contributed by atoms with Gasteiger partial charge >= 0.3 is 5.97 Å². The number of aromatic nitrogens is 1. The van der Waals surface area contributed by atoms with E-state index in [2.05, 4.69) is 4.98 Å². The lowest BCUT2D eigenvalue weighted by Crippen LogP contribution is -2.06. The van der Waals surface area contributed by atoms with E-state index in [1.807, 2.05) is 13.8 Å². The average Bonchev–Trinajstić information content (AvgIpc) is 2.16. The molecule has 1 heterocycles. The number of hydrogen-bond acceptors (Lipinski definition) is 4. The third-order valence-corrected chi connectivity index (χ3v) is 2.86. The molecule has 0 saturated heterocycles. The third kappa shape index (κ3) is 3.21. The van der Waals surface area contributed by atoms with Gasteiger partial charge in [0.1, 0.15) is 5.03 Å². The normalized spacial score (nSPS) is 10.4. The summed E-state index contributed by atoms with van der Waals surface area (Å²) >= 11 is 1.31. The number of nitrogens with zero attached hydrogens (tertiary/aromatic N) is 1. The molecule has 16 heavy (non-hydrogen) atoms. The Kier molecular flexibility index (Phi) is 4.76. The summed E-state index contributed by atoms with van der Waals surface area (Å²) in [4.78, 5) is 15.3. The van der Waals surface area contributed by atoms with Crippen LogP contribution in [0.25, 0.3) is 0 Å². The molecule has 0 aliphatic rings. The number of carboxylic acids is 1. The van der Waals surface area contributed by atoms with Crippen molar-refractivity contribution in [3.05, 3.63) is 22.9 Å². The van der Waals surface area contributed by atoms with Gasteiger partial charge in [-0.05, 0) is 32.4 Å². The molecule has 0 fully saturated rings. The SMILES string of the molecule is CCOCSc1nc(C)cc(C)c1C(=O)O. The first-order chi connectivity index (χ1) is 7.56. The van der Waals surface area contributed by atoms with Gasteiger partial charge in [0.25, 0.3) is 0 Å². The van der Waals surface area contributed by atoms with Gasteiger partial charge in [-0.3, -0.25) is 0 Å². The lowest BCUT2D eigenvalue weighted by molar-refractivity contribution is 0.0691. The van der Waals surface area contributed by atoms with Crippen molar-refractivity contribution < 1.29 is 14.6 Å². The molecule has 1 aromatic heterocycles. The third-order valence-electron chi connectivity index (χ3n) is 2.01. The summed E-state index contributed by atoms with van der Waals surface area (Å²) in [6, 6.07) is 1.77. The number of aryl methyl sites for hydroxylation is 2. The summed E-state index contributed by atoms with van der Waals surface area (Å²) in [5.41, 5.74) is 1.83. The number of thioether (sulfide) groups is 1. The number of carbonyl (C=O) groups is 1. The van der Waals surface area contributed by atoms with Crippen LogP contribution in [-0.4, -0.2) is 28.6 Å². The first kappa shape index (κ1) is 13.0. The molecule has 1 rings (SSSR count). The second-order valence-electron chi connectivity index (χ2n) is 3.32. The van der Waals surface area contributed by atoms with E-state index in [1.165, 1.54) is 11.8 Å². The Bertz CT molecular complexity index is 393. The molecule has 0 unspecified atom stereocenters. The molecule has 0 bridgehead atoms. The zero-order valence-corrected chi connectivity index (χ0v) is 10.4. The van der Waals surface area contributed by atoms with Gasteiger partial charge in [0.05, 0.1) is 11.5 Å². The highest BCUT2D eigenvalue weighted by Gasteiger charge is 2.15. The van der Waals surface area contributed by atoms with Crippen molar-refractivity contribution in [1.29, 1.82) is 0 Å². The minimum atomic E-state index is -0.941. The highest BCUT2D eigenvalue weighted by molar-refractivity contribution is 7.99. The van der Waals surface area contributed by atoms with Crippen LogP contribution in [0.3, 0.4) is 0 Å². The Morgan fingerprint density at radius 3 is 2.81 bits per heavy atom. The van der Waals surface area contributed by atoms with Gasteiger partial charge in [-0.15, -0.1) is 0 Å². The van der Waals surface area contributed by atoms with Crippen LogP contribution in [-0.2, 0) is 4.74 Å². The fourth-order valence-corrected chi connectivity index (χ4v) is 2.31. The van der Waals surface area contributed by atoms with E-state index < -0.39 is 5.97 Å². The number of carboxylic acid groups (broad SMARTS) is 1. The van der Waals surface area contributed by atoms with Crippen LogP contribution in [0.2, 0.25) is 0 Å². The predicted octanol–water partition coefficient (Wildman–Crippen LogP) is 2.48. The van der Waals surface area contributed by atoms with Crippen LogP contribution < -0.4 is 0 Å². The Morgan fingerprint density at radius 2 is 2.25 bits per heavy atom. The quantitative estimate of drug-likeness (QED) is 0.487. The molecule has 0 aliphatic carbocycles. The lowest BCUT2D eigenvalue weighted by atomic mass is 10.1. The Labute approximate surface area is 99.0 Å². The van der Waals surface area contributed by atoms with E-state index in [4.69, 9.17) is 9.84 Å². The number of ether oxygens (including phenoxy) is 1. The summed E-state index contributed by atoms with van der Waals surface area (Å²) in [6.07, 6.45) is 0. The molecule has 0 atom stereocenters. The van der Waals surface area contributed by atoms with E-state index >= 15 is 0 Å². The molecule has 5 heteroatoms. The Balaban J connectivity index is 2.99. The molecule has 0 aliphatic heterocycles. The van der Waals surface area contributed by atoms with Crippen molar-refractivity contribution in [2.45, 2.75) is 25.8 Å². The van der Waals surface area contributed by atoms with E-state index in [0.29, 0.717) is 17.6 Å². The number of pyridine rings is 1. The van der Waals surface area contributed by atoms with Gasteiger partial charge in [0.15, 0.2) is 0 Å². The van der Waals surface area contributed by atoms with Crippen molar-refractivity contribution in [1.82, 2.24) is 4.98 Å². The summed E-state index contributed by atoms with van der Waals surface area (Å²) in [5.74, 6) is -0.517. The van der Waals surface area contributed by atoms with E-state index in [9.17, 15) is 4.79 Å². The molecule has 1 aromatic rings. The molecule has 0 spiro atoms. The van der Waals surface area contributed by atoms with Crippen LogP contribution >= 0.6 is 11.8 Å². The van der Waals surface area contributed by atoms with Gasteiger partial charge in [0, 0.05) is 12.3 Å². The highest BCUT2D eigenvalue weighted by atomic mass is 32.2. The standard InChI is InChI=1S/C11H15NO3S/c1-4-15-6-16-10-9(11(13)14)7(2)5-8(3)12-10/h5H,4,6H2,1-3H3,(H,13,14). The largest absolute Gasteiger partial charge is 0.478 e. The van der Waals surface area contributed by atoms with Gasteiger partial charge in [-0.1, -0.05) is 11.8 Å². The minimum absolute atomic E-state index is 0.273. The summed E-state index contributed by atoms with van der Waals surface area (Å²) in [6.45, 7) is 6.14. The second kappa shape index (κ2) is 5.86. The van der Waals surface area contributed by atoms with Crippen LogP contribution in [0, 0.1) is 13.8 Å². The molecule has 0 aromatic carbocycles. The average molecular weight is 241 g/mol. The Morgan fingerprint density at radius 1 is 1.56 bits per heavy atom. The summed E-state index contributed by atoms with van der Waals surface area (Å²) < 4.78 is 5.18. The Hall–Kier alpha value is -1.07.